The van der Waals surface area contributed by atoms with E-state index in [1.54, 1.807) is 14.2 Å². The number of methoxy groups -OCH3 is 2. The second-order valence-corrected chi connectivity index (χ2v) is 7.64. The number of ether oxygens (including phenoxy) is 2. The van der Waals surface area contributed by atoms with Gasteiger partial charge in [0.05, 0.1) is 25.2 Å². The molecular weight excluding hydrogens is 376 g/mol. The van der Waals surface area contributed by atoms with Crippen molar-refractivity contribution >= 4 is 29.3 Å². The minimum absolute atomic E-state index is 0.0392. The average molecular weight is 401 g/mol. The molecule has 0 fully saturated rings. The Bertz CT molecular complexity index is 856. The fraction of sp³-hybridized carbons (Fsp3) is 0.333. The van der Waals surface area contributed by atoms with E-state index < -0.39 is 0 Å². The van der Waals surface area contributed by atoms with Gasteiger partial charge < -0.3 is 20.1 Å². The Morgan fingerprint density at radius 2 is 1.96 bits per heavy atom. The molecule has 0 saturated heterocycles. The molecule has 0 bridgehead atoms. The molecule has 6 nitrogen and oxygen atoms in total. The predicted octanol–water partition coefficient (Wildman–Crippen LogP) is 3.01. The zero-order valence-corrected chi connectivity index (χ0v) is 16.8. The van der Waals surface area contributed by atoms with Gasteiger partial charge >= 0.3 is 0 Å². The third-order valence-corrected chi connectivity index (χ3v) is 5.88. The fourth-order valence-electron chi connectivity index (χ4n) is 3.07. The third-order valence-electron chi connectivity index (χ3n) is 4.60. The lowest BCUT2D eigenvalue weighted by Gasteiger charge is -2.13. The zero-order valence-electron chi connectivity index (χ0n) is 16.0. The normalized spacial score (nSPS) is 15.8. The number of nitrogens with one attached hydrogen (secondary N) is 2. The SMILES string of the molecule is COc1ccc(CNC(=O)CS[C@H]2CCc3ccccc3NC2=O)cc1OC. The Kier molecular flexibility index (Phi) is 6.81. The predicted molar refractivity (Wildman–Crippen MR) is 111 cm³/mol. The highest BCUT2D eigenvalue weighted by Gasteiger charge is 2.24. The van der Waals surface area contributed by atoms with Crippen LogP contribution in [0.2, 0.25) is 0 Å². The molecule has 0 unspecified atom stereocenters. The molecule has 2 amide bonds. The van der Waals surface area contributed by atoms with Gasteiger partial charge in [-0.3, -0.25) is 9.59 Å². The van der Waals surface area contributed by atoms with Gasteiger partial charge in [-0.15, -0.1) is 11.8 Å². The first kappa shape index (κ1) is 20.1. The molecule has 0 radical (unpaired) electrons. The molecule has 1 aliphatic heterocycles. The summed E-state index contributed by atoms with van der Waals surface area (Å²) >= 11 is 1.38. The van der Waals surface area contributed by atoms with Gasteiger partial charge in [-0.1, -0.05) is 24.3 Å². The van der Waals surface area contributed by atoms with Crippen LogP contribution >= 0.6 is 11.8 Å². The van der Waals surface area contributed by atoms with E-state index in [0.29, 0.717) is 18.0 Å². The Morgan fingerprint density at radius 3 is 2.75 bits per heavy atom. The number of thioether (sulfide) groups is 1. The number of aryl methyl sites for hydroxylation is 1. The van der Waals surface area contributed by atoms with E-state index >= 15 is 0 Å². The minimum Gasteiger partial charge on any atom is -0.493 e. The number of rotatable bonds is 7. The van der Waals surface area contributed by atoms with Gasteiger partial charge in [0.25, 0.3) is 0 Å². The van der Waals surface area contributed by atoms with Gasteiger partial charge in [0.2, 0.25) is 11.8 Å². The molecule has 1 atom stereocenters. The monoisotopic (exact) mass is 400 g/mol. The lowest BCUT2D eigenvalue weighted by atomic mass is 10.1. The number of anilines is 1. The van der Waals surface area contributed by atoms with E-state index in [9.17, 15) is 9.59 Å². The van der Waals surface area contributed by atoms with E-state index in [4.69, 9.17) is 9.47 Å². The molecule has 2 aromatic carbocycles. The molecule has 28 heavy (non-hydrogen) atoms. The van der Waals surface area contributed by atoms with Gasteiger partial charge in [-0.05, 0) is 42.2 Å². The first-order valence-electron chi connectivity index (χ1n) is 9.08. The lowest BCUT2D eigenvalue weighted by molar-refractivity contribution is -0.118. The van der Waals surface area contributed by atoms with Gasteiger partial charge in [-0.2, -0.15) is 0 Å². The van der Waals surface area contributed by atoms with Crippen molar-refractivity contribution in [2.24, 2.45) is 0 Å². The summed E-state index contributed by atoms with van der Waals surface area (Å²) in [7, 11) is 3.16. The van der Waals surface area contributed by atoms with Crippen molar-refractivity contribution < 1.29 is 19.1 Å². The van der Waals surface area contributed by atoms with Crippen molar-refractivity contribution in [2.45, 2.75) is 24.6 Å². The fourth-order valence-corrected chi connectivity index (χ4v) is 4.02. The van der Waals surface area contributed by atoms with Crippen LogP contribution in [0.1, 0.15) is 17.5 Å². The summed E-state index contributed by atoms with van der Waals surface area (Å²) in [6, 6.07) is 13.3. The second kappa shape index (κ2) is 9.50. The van der Waals surface area contributed by atoms with Crippen LogP contribution in [0.4, 0.5) is 5.69 Å². The lowest BCUT2D eigenvalue weighted by Crippen LogP contribution is -2.29. The summed E-state index contributed by atoms with van der Waals surface area (Å²) in [6.07, 6.45) is 1.54. The minimum atomic E-state index is -0.237. The zero-order chi connectivity index (χ0) is 19.9. The highest BCUT2D eigenvalue weighted by Crippen LogP contribution is 2.28. The Labute approximate surface area is 169 Å². The molecule has 1 heterocycles. The van der Waals surface area contributed by atoms with Crippen molar-refractivity contribution in [2.75, 3.05) is 25.3 Å². The number of hydrogen-bond donors (Lipinski definition) is 2. The number of carbonyl (C=O) groups excluding carboxylic acids is 2. The number of fused-ring (bicyclic) bond motifs is 1. The number of benzene rings is 2. The third kappa shape index (κ3) is 4.98. The summed E-state index contributed by atoms with van der Waals surface area (Å²) in [6.45, 7) is 0.391. The van der Waals surface area contributed by atoms with Crippen LogP contribution in [0.15, 0.2) is 42.5 Å². The number of hydrogen-bond acceptors (Lipinski definition) is 5. The second-order valence-electron chi connectivity index (χ2n) is 6.45. The van der Waals surface area contributed by atoms with Crippen molar-refractivity contribution in [1.29, 1.82) is 0 Å². The standard InChI is InChI=1S/C21H24N2O4S/c1-26-17-9-7-14(11-18(17)27-2)12-22-20(24)13-28-19-10-8-15-5-3-4-6-16(15)23-21(19)25/h3-7,9,11,19H,8,10,12-13H2,1-2H3,(H,22,24)(H,23,25)/t19-/m0/s1. The van der Waals surface area contributed by atoms with Crippen LogP contribution < -0.4 is 20.1 Å². The van der Waals surface area contributed by atoms with Gasteiger partial charge in [-0.25, -0.2) is 0 Å². The quantitative estimate of drug-likeness (QED) is 0.747. The summed E-state index contributed by atoms with van der Waals surface area (Å²) in [5.74, 6) is 1.37. The Balaban J connectivity index is 1.49. The summed E-state index contributed by atoms with van der Waals surface area (Å²) in [5.41, 5.74) is 2.92. The molecule has 2 N–H and O–H groups in total. The van der Waals surface area contributed by atoms with E-state index in [1.165, 1.54) is 11.8 Å². The number of para-hydroxylation sites is 1. The van der Waals surface area contributed by atoms with E-state index in [0.717, 1.165) is 29.7 Å². The van der Waals surface area contributed by atoms with Gasteiger partial charge in [0.1, 0.15) is 0 Å². The highest BCUT2D eigenvalue weighted by atomic mass is 32.2. The van der Waals surface area contributed by atoms with Crippen LogP contribution in [0.3, 0.4) is 0 Å². The summed E-state index contributed by atoms with van der Waals surface area (Å²) in [4.78, 5) is 24.6. The topological polar surface area (TPSA) is 76.7 Å². The first-order chi connectivity index (χ1) is 13.6. The van der Waals surface area contributed by atoms with Crippen LogP contribution in [0, 0.1) is 0 Å². The van der Waals surface area contributed by atoms with Crippen LogP contribution in [-0.4, -0.2) is 37.0 Å². The van der Waals surface area contributed by atoms with Crippen molar-refractivity contribution in [3.05, 3.63) is 53.6 Å². The highest BCUT2D eigenvalue weighted by molar-refractivity contribution is 8.01. The Morgan fingerprint density at radius 1 is 1.18 bits per heavy atom. The van der Waals surface area contributed by atoms with Crippen LogP contribution in [0.25, 0.3) is 0 Å². The van der Waals surface area contributed by atoms with Crippen LogP contribution in [-0.2, 0) is 22.6 Å². The molecule has 1 aliphatic rings. The Hall–Kier alpha value is -2.67. The summed E-state index contributed by atoms with van der Waals surface area (Å²) < 4.78 is 10.5. The van der Waals surface area contributed by atoms with E-state index in [-0.39, 0.29) is 22.8 Å². The molecule has 0 aliphatic carbocycles. The largest absolute Gasteiger partial charge is 0.493 e. The van der Waals surface area contributed by atoms with Crippen molar-refractivity contribution in [1.82, 2.24) is 5.32 Å². The molecule has 0 spiro atoms. The molecule has 0 saturated carbocycles. The molecule has 148 valence electrons. The number of carbonyl (C=O) groups is 2. The maximum absolute atomic E-state index is 12.4. The first-order valence-corrected chi connectivity index (χ1v) is 10.1. The molecular formula is C21H24N2O4S. The maximum atomic E-state index is 12.4. The molecule has 3 rings (SSSR count). The van der Waals surface area contributed by atoms with Gasteiger partial charge in [0.15, 0.2) is 11.5 Å². The summed E-state index contributed by atoms with van der Waals surface area (Å²) in [5, 5.41) is 5.61. The maximum Gasteiger partial charge on any atom is 0.237 e. The number of amides is 2. The van der Waals surface area contributed by atoms with E-state index in [1.807, 2.05) is 42.5 Å². The van der Waals surface area contributed by atoms with Crippen molar-refractivity contribution in [3.8, 4) is 11.5 Å². The molecule has 7 heteroatoms. The van der Waals surface area contributed by atoms with Gasteiger partial charge in [0, 0.05) is 12.2 Å². The molecule has 2 aromatic rings. The van der Waals surface area contributed by atoms with E-state index in [2.05, 4.69) is 10.6 Å². The average Bonchev–Trinajstić information content (AvgIpc) is 2.88. The van der Waals surface area contributed by atoms with Crippen LogP contribution in [0.5, 0.6) is 11.5 Å². The smallest absolute Gasteiger partial charge is 0.237 e. The molecule has 0 aromatic heterocycles. The van der Waals surface area contributed by atoms with Crippen molar-refractivity contribution in [3.63, 3.8) is 0 Å².